The molecule has 0 amide bonds. The van der Waals surface area contributed by atoms with Gasteiger partial charge in [0, 0.05) is 61.9 Å². The fraction of sp³-hybridized carbons (Fsp3) is 0.583. The fourth-order valence-electron chi connectivity index (χ4n) is 4.18. The molecule has 0 aromatic heterocycles. The van der Waals surface area contributed by atoms with Crippen LogP contribution in [0.1, 0.15) is 116 Å². The Labute approximate surface area is 272 Å². The van der Waals surface area contributed by atoms with Crippen LogP contribution in [0.5, 0.6) is 11.5 Å². The van der Waals surface area contributed by atoms with Crippen molar-refractivity contribution < 1.29 is 36.4 Å². The van der Waals surface area contributed by atoms with Crippen LogP contribution in [-0.4, -0.2) is 34.7 Å². The first-order chi connectivity index (χ1) is 17.8. The van der Waals surface area contributed by atoms with Gasteiger partial charge in [-0.2, -0.15) is 0 Å². The first kappa shape index (κ1) is 41.4. The largest absolute Gasteiger partial charge is 0.507 e. The van der Waals surface area contributed by atoms with Crippen molar-refractivity contribution >= 4 is 12.4 Å². The van der Waals surface area contributed by atoms with E-state index >= 15 is 0 Å². The van der Waals surface area contributed by atoms with Gasteiger partial charge in [0.05, 0.1) is 5.54 Å². The van der Waals surface area contributed by atoms with Crippen LogP contribution in [0.15, 0.2) is 34.3 Å². The molecule has 2 aromatic carbocycles. The number of aromatic hydroxyl groups is 2. The zero-order chi connectivity index (χ0) is 30.1. The second-order valence-corrected chi connectivity index (χ2v) is 14.2. The zero-order valence-electron chi connectivity index (χ0n) is 28.6. The third-order valence-corrected chi connectivity index (χ3v) is 5.93. The van der Waals surface area contributed by atoms with E-state index in [-0.39, 0.29) is 44.6 Å². The topological polar surface area (TPSA) is 65.2 Å². The summed E-state index contributed by atoms with van der Waals surface area (Å²) in [6, 6.07) is 8.27. The van der Waals surface area contributed by atoms with Crippen LogP contribution < -0.4 is 0 Å². The Kier molecular flexibility index (Phi) is 18.2. The van der Waals surface area contributed by atoms with Gasteiger partial charge in [0.2, 0.25) is 0 Å². The van der Waals surface area contributed by atoms with Gasteiger partial charge in [-0.15, -0.1) is 0 Å². The Morgan fingerprint density at radius 2 is 1.27 bits per heavy atom. The Bertz CT molecular complexity index is 1120. The number of phenols is 2. The summed E-state index contributed by atoms with van der Waals surface area (Å²) in [5.74, 6) is 2.43. The molecule has 0 aliphatic heterocycles. The monoisotopic (exact) mass is 641 g/mol. The average Bonchev–Trinajstić information content (AvgIpc) is 2.75. The maximum Gasteiger partial charge on any atom is 0.128 e. The van der Waals surface area contributed by atoms with Crippen LogP contribution in [0, 0.1) is 32.1 Å². The summed E-state index contributed by atoms with van der Waals surface area (Å²) in [4.78, 5) is 8.92. The number of aliphatic imine (C=N–C) groups is 2. The molecule has 5 heteroatoms. The zero-order valence-corrected chi connectivity index (χ0v) is 31.1. The van der Waals surface area contributed by atoms with Gasteiger partial charge in [-0.3, -0.25) is 9.98 Å². The molecular formula is C36H59N2O2Zr-. The van der Waals surface area contributed by atoms with Gasteiger partial charge in [0.1, 0.15) is 11.5 Å². The molecule has 0 unspecified atom stereocenters. The van der Waals surface area contributed by atoms with Gasteiger partial charge in [0.15, 0.2) is 0 Å². The maximum atomic E-state index is 10.6. The summed E-state index contributed by atoms with van der Waals surface area (Å²) in [6.07, 6.45) is 5.53. The summed E-state index contributed by atoms with van der Waals surface area (Å²) >= 11 is 0. The van der Waals surface area contributed by atoms with Gasteiger partial charge in [-0.1, -0.05) is 74.4 Å². The van der Waals surface area contributed by atoms with Crippen molar-refractivity contribution in [1.29, 1.82) is 0 Å². The van der Waals surface area contributed by atoms with Crippen LogP contribution in [-0.2, 0) is 44.5 Å². The van der Waals surface area contributed by atoms with Crippen molar-refractivity contribution in [3.8, 4) is 11.5 Å². The van der Waals surface area contributed by atoms with E-state index < -0.39 is 0 Å². The van der Waals surface area contributed by atoms with Crippen molar-refractivity contribution in [2.45, 2.75) is 114 Å². The van der Waals surface area contributed by atoms with E-state index in [1.54, 1.807) is 6.21 Å². The van der Waals surface area contributed by atoms with Crippen molar-refractivity contribution in [3.63, 3.8) is 0 Å². The molecule has 0 spiro atoms. The molecule has 2 rings (SSSR count). The van der Waals surface area contributed by atoms with Crippen molar-refractivity contribution in [1.82, 2.24) is 0 Å². The molecular weight excluding hydrogens is 584 g/mol. The Morgan fingerprint density at radius 1 is 0.732 bits per heavy atom. The van der Waals surface area contributed by atoms with Crippen molar-refractivity contribution in [3.05, 3.63) is 65.1 Å². The molecule has 41 heavy (non-hydrogen) atoms. The standard InChI is InChI=1S/C19H31NO.C16H25NO.CH3.Zr/c1-13(2)9-14-10-15(12-20-19(6,7)8)17(21)16(11-14)18(3,4)5;1-11(2)6-14-7-13(5)8-15(16(14)18)10-17-9-12(3)4;;/h10-13,21H,9H2,1-8H3;7-8,10-12,18H,6,9H2,1-5H3;1H3;/q;;-1;. The molecule has 0 bridgehead atoms. The minimum Gasteiger partial charge on any atom is -0.507 e. The van der Waals surface area contributed by atoms with Crippen LogP contribution in [0.2, 0.25) is 0 Å². The quantitative estimate of drug-likeness (QED) is 0.222. The van der Waals surface area contributed by atoms with Crippen LogP contribution in [0.4, 0.5) is 0 Å². The first-order valence-corrected chi connectivity index (χ1v) is 14.5. The van der Waals surface area contributed by atoms with Gasteiger partial charge in [-0.25, -0.2) is 0 Å². The molecule has 4 nitrogen and oxygen atoms in total. The number of rotatable bonds is 8. The molecule has 0 saturated carbocycles. The van der Waals surface area contributed by atoms with E-state index in [0.29, 0.717) is 29.3 Å². The summed E-state index contributed by atoms with van der Waals surface area (Å²) in [7, 11) is 0. The fourth-order valence-corrected chi connectivity index (χ4v) is 4.18. The number of aryl methyl sites for hydroxylation is 1. The predicted octanol–water partition coefficient (Wildman–Crippen LogP) is 9.53. The van der Waals surface area contributed by atoms with Gasteiger partial charge < -0.3 is 17.6 Å². The number of nitrogens with zero attached hydrogens (tertiary/aromatic N) is 2. The first-order valence-electron chi connectivity index (χ1n) is 14.5. The molecule has 0 aliphatic carbocycles. The normalized spacial score (nSPS) is 12.1. The Morgan fingerprint density at radius 3 is 1.73 bits per heavy atom. The van der Waals surface area contributed by atoms with E-state index in [2.05, 4.69) is 118 Å². The molecule has 0 atom stereocenters. The van der Waals surface area contributed by atoms with Crippen molar-refractivity contribution in [2.75, 3.05) is 6.54 Å². The summed E-state index contributed by atoms with van der Waals surface area (Å²) in [5.41, 5.74) is 5.91. The van der Waals surface area contributed by atoms with Gasteiger partial charge in [-0.05, 0) is 92.5 Å². The molecule has 230 valence electrons. The molecule has 2 aromatic rings. The van der Waals surface area contributed by atoms with E-state index in [1.807, 2.05) is 12.3 Å². The van der Waals surface area contributed by atoms with E-state index in [4.69, 9.17) is 0 Å². The average molecular weight is 643 g/mol. The third-order valence-electron chi connectivity index (χ3n) is 5.93. The number of hydrogen-bond acceptors (Lipinski definition) is 4. The predicted molar refractivity (Wildman–Crippen MR) is 178 cm³/mol. The van der Waals surface area contributed by atoms with Gasteiger partial charge >= 0.3 is 0 Å². The minimum absolute atomic E-state index is 0. The molecule has 0 radical (unpaired) electrons. The van der Waals surface area contributed by atoms with E-state index in [0.717, 1.165) is 41.6 Å². The molecule has 0 fully saturated rings. The number of hydrogen-bond donors (Lipinski definition) is 2. The van der Waals surface area contributed by atoms with Gasteiger partial charge in [0.25, 0.3) is 0 Å². The van der Waals surface area contributed by atoms with Crippen LogP contribution >= 0.6 is 0 Å². The summed E-state index contributed by atoms with van der Waals surface area (Å²) < 4.78 is 0. The Balaban J connectivity index is 0. The summed E-state index contributed by atoms with van der Waals surface area (Å²) in [6.45, 7) is 28.5. The van der Waals surface area contributed by atoms with Crippen LogP contribution in [0.3, 0.4) is 0 Å². The second-order valence-electron chi connectivity index (χ2n) is 14.2. The molecule has 0 saturated heterocycles. The van der Waals surface area contributed by atoms with Crippen LogP contribution in [0.25, 0.3) is 0 Å². The Hall–Kier alpha value is -1.74. The van der Waals surface area contributed by atoms with Crippen molar-refractivity contribution in [2.24, 2.45) is 27.7 Å². The molecule has 0 heterocycles. The van der Waals surface area contributed by atoms with E-state index in [9.17, 15) is 10.2 Å². The smallest absolute Gasteiger partial charge is 0.128 e. The second kappa shape index (κ2) is 18.0. The van der Waals surface area contributed by atoms with E-state index in [1.165, 1.54) is 11.1 Å². The SMILES string of the molecule is CC(C)Cc1cc(C=NC(C)(C)C)c(O)c(C(C)(C)C)c1.Cc1cc(C=NCC(C)C)c(O)c(CC(C)C)c1.[CH3-].[Zr]. The summed E-state index contributed by atoms with van der Waals surface area (Å²) in [5, 5.41) is 20.8. The molecule has 0 aliphatic rings. The number of benzene rings is 2. The number of phenolic OH excluding ortho intramolecular Hbond substituents is 2. The maximum absolute atomic E-state index is 10.6. The third kappa shape index (κ3) is 15.9. The molecule has 2 N–H and O–H groups in total. The minimum atomic E-state index is -0.137.